The Morgan fingerprint density at radius 3 is 2.88 bits per heavy atom. The maximum atomic E-state index is 12.6. The lowest BCUT2D eigenvalue weighted by Gasteiger charge is -2.42. The number of nitrogens with zero attached hydrogens (tertiary/aromatic N) is 3. The largest absolute Gasteiger partial charge is 0.345 e. The van der Waals surface area contributed by atoms with Gasteiger partial charge in [0.2, 0.25) is 17.7 Å². The van der Waals surface area contributed by atoms with Gasteiger partial charge in [0.15, 0.2) is 0 Å². The summed E-state index contributed by atoms with van der Waals surface area (Å²) in [4.78, 5) is 39.7. The Labute approximate surface area is 138 Å². The number of benzene rings is 1. The van der Waals surface area contributed by atoms with Crippen LogP contribution < -0.4 is 5.32 Å². The lowest BCUT2D eigenvalue weighted by Crippen LogP contribution is -2.66. The molecule has 0 aliphatic carbocycles. The molecule has 2 aromatic rings. The molecule has 124 valence electrons. The molecule has 0 bridgehead atoms. The second-order valence-electron chi connectivity index (χ2n) is 6.16. The summed E-state index contributed by atoms with van der Waals surface area (Å²) in [6.07, 6.45) is 1.90. The molecule has 7 heteroatoms. The first-order valence-electron chi connectivity index (χ1n) is 8.02. The van der Waals surface area contributed by atoms with Crippen molar-refractivity contribution in [1.82, 2.24) is 19.7 Å². The molecule has 24 heavy (non-hydrogen) atoms. The van der Waals surface area contributed by atoms with Gasteiger partial charge in [-0.25, -0.2) is 0 Å². The fourth-order valence-corrected chi connectivity index (χ4v) is 3.44. The van der Waals surface area contributed by atoms with Gasteiger partial charge in [-0.15, -0.1) is 0 Å². The Bertz CT molecular complexity index is 828. The summed E-state index contributed by atoms with van der Waals surface area (Å²) in [6.45, 7) is 1.42. The average Bonchev–Trinajstić information content (AvgIpc) is 3.01. The van der Waals surface area contributed by atoms with Gasteiger partial charge in [0.1, 0.15) is 12.6 Å². The van der Waals surface area contributed by atoms with Gasteiger partial charge in [-0.1, -0.05) is 18.2 Å². The number of nitrogens with one attached hydrogen (secondary N) is 1. The standard InChI is InChI=1S/C17H18N4O3/c22-15-9-18-17(24)14-10-20(7-8-21(14)15)16(23)11-19-6-5-12-3-1-2-4-13(12)19/h1-6,14H,7-11H2,(H,18,24)/t14-/m1/s1. The topological polar surface area (TPSA) is 74.7 Å². The van der Waals surface area contributed by atoms with Crippen molar-refractivity contribution in [2.45, 2.75) is 12.6 Å². The van der Waals surface area contributed by atoms with E-state index >= 15 is 0 Å². The van der Waals surface area contributed by atoms with Gasteiger partial charge in [0.05, 0.1) is 13.1 Å². The molecule has 1 aromatic carbocycles. The summed E-state index contributed by atoms with van der Waals surface area (Å²) in [5.41, 5.74) is 1.01. The van der Waals surface area contributed by atoms with Gasteiger partial charge >= 0.3 is 0 Å². The maximum absolute atomic E-state index is 12.6. The molecule has 0 spiro atoms. The number of aromatic nitrogens is 1. The Balaban J connectivity index is 1.49. The zero-order chi connectivity index (χ0) is 16.7. The van der Waals surface area contributed by atoms with Crippen molar-refractivity contribution < 1.29 is 14.4 Å². The molecule has 7 nitrogen and oxygen atoms in total. The van der Waals surface area contributed by atoms with E-state index in [0.717, 1.165) is 10.9 Å². The first-order valence-corrected chi connectivity index (χ1v) is 8.02. The molecule has 2 aliphatic rings. The highest BCUT2D eigenvalue weighted by atomic mass is 16.2. The van der Waals surface area contributed by atoms with Gasteiger partial charge in [-0.05, 0) is 17.5 Å². The van der Waals surface area contributed by atoms with E-state index in [2.05, 4.69) is 5.32 Å². The molecule has 4 rings (SSSR count). The second-order valence-corrected chi connectivity index (χ2v) is 6.16. The zero-order valence-electron chi connectivity index (χ0n) is 13.1. The van der Waals surface area contributed by atoms with Crippen molar-refractivity contribution in [2.24, 2.45) is 0 Å². The Hall–Kier alpha value is -2.83. The lowest BCUT2D eigenvalue weighted by atomic mass is 10.1. The van der Waals surface area contributed by atoms with E-state index in [-0.39, 0.29) is 37.4 Å². The van der Waals surface area contributed by atoms with Crippen molar-refractivity contribution in [1.29, 1.82) is 0 Å². The van der Waals surface area contributed by atoms with Gasteiger partial charge in [-0.3, -0.25) is 14.4 Å². The van der Waals surface area contributed by atoms with Crippen LogP contribution in [0.5, 0.6) is 0 Å². The zero-order valence-corrected chi connectivity index (χ0v) is 13.1. The van der Waals surface area contributed by atoms with Gasteiger partial charge in [0, 0.05) is 24.8 Å². The predicted molar refractivity (Wildman–Crippen MR) is 87.0 cm³/mol. The fraction of sp³-hybridized carbons (Fsp3) is 0.353. The summed E-state index contributed by atoms with van der Waals surface area (Å²) in [5, 5.41) is 3.68. The van der Waals surface area contributed by atoms with E-state index in [1.165, 1.54) is 0 Å². The highest BCUT2D eigenvalue weighted by molar-refractivity contribution is 5.95. The number of rotatable bonds is 2. The number of carbonyl (C=O) groups excluding carboxylic acids is 3. The molecule has 1 aromatic heterocycles. The predicted octanol–water partition coefficient (Wildman–Crippen LogP) is -0.189. The summed E-state index contributed by atoms with van der Waals surface area (Å²) in [6, 6.07) is 9.31. The minimum Gasteiger partial charge on any atom is -0.345 e. The van der Waals surface area contributed by atoms with Crippen molar-refractivity contribution in [3.05, 3.63) is 36.5 Å². The van der Waals surface area contributed by atoms with Crippen LogP contribution in [0.2, 0.25) is 0 Å². The van der Waals surface area contributed by atoms with Crippen molar-refractivity contribution in [3.8, 4) is 0 Å². The molecule has 2 fully saturated rings. The monoisotopic (exact) mass is 326 g/mol. The van der Waals surface area contributed by atoms with Crippen LogP contribution in [0.4, 0.5) is 0 Å². The van der Waals surface area contributed by atoms with Crippen molar-refractivity contribution in [2.75, 3.05) is 26.2 Å². The number of amides is 3. The Kier molecular flexibility index (Phi) is 3.48. The highest BCUT2D eigenvalue weighted by Gasteiger charge is 2.39. The van der Waals surface area contributed by atoms with Crippen LogP contribution in [0.1, 0.15) is 0 Å². The molecule has 2 aliphatic heterocycles. The molecule has 1 N–H and O–H groups in total. The van der Waals surface area contributed by atoms with E-state index in [9.17, 15) is 14.4 Å². The minimum absolute atomic E-state index is 0.0400. The molecule has 1 atom stereocenters. The molecule has 0 unspecified atom stereocenters. The van der Waals surface area contributed by atoms with Crippen molar-refractivity contribution in [3.63, 3.8) is 0 Å². The number of fused-ring (bicyclic) bond motifs is 2. The maximum Gasteiger partial charge on any atom is 0.245 e. The number of para-hydroxylation sites is 1. The Morgan fingerprint density at radius 2 is 2.00 bits per heavy atom. The minimum atomic E-state index is -0.564. The van der Waals surface area contributed by atoms with Gasteiger partial charge in [-0.2, -0.15) is 0 Å². The van der Waals surface area contributed by atoms with E-state index in [1.54, 1.807) is 9.80 Å². The highest BCUT2D eigenvalue weighted by Crippen LogP contribution is 2.17. The smallest absolute Gasteiger partial charge is 0.245 e. The van der Waals surface area contributed by atoms with E-state index in [4.69, 9.17) is 0 Å². The number of hydrogen-bond acceptors (Lipinski definition) is 3. The third kappa shape index (κ3) is 2.42. The summed E-state index contributed by atoms with van der Waals surface area (Å²) in [5.74, 6) is -0.302. The summed E-state index contributed by atoms with van der Waals surface area (Å²) in [7, 11) is 0. The third-order valence-corrected chi connectivity index (χ3v) is 4.76. The molecule has 3 amide bonds. The summed E-state index contributed by atoms with van der Waals surface area (Å²) >= 11 is 0. The fourth-order valence-electron chi connectivity index (χ4n) is 3.44. The SMILES string of the molecule is O=C1NCC(=O)N2CCN(C(=O)Cn3ccc4ccccc43)C[C@H]12. The van der Waals surface area contributed by atoms with Gasteiger partial charge < -0.3 is 19.7 Å². The van der Waals surface area contributed by atoms with E-state index < -0.39 is 6.04 Å². The first-order chi connectivity index (χ1) is 11.6. The average molecular weight is 326 g/mol. The molecule has 0 radical (unpaired) electrons. The van der Waals surface area contributed by atoms with Crippen LogP contribution >= 0.6 is 0 Å². The number of piperazine rings is 2. The van der Waals surface area contributed by atoms with Crippen LogP contribution in [-0.2, 0) is 20.9 Å². The van der Waals surface area contributed by atoms with Crippen LogP contribution in [0.3, 0.4) is 0 Å². The normalized spacial score (nSPS) is 20.9. The Morgan fingerprint density at radius 1 is 1.17 bits per heavy atom. The number of carbonyl (C=O) groups is 3. The van der Waals surface area contributed by atoms with Crippen LogP contribution in [0.25, 0.3) is 10.9 Å². The second kappa shape index (κ2) is 5.67. The molecular weight excluding hydrogens is 308 g/mol. The molecular formula is C17H18N4O3. The number of hydrogen-bond donors (Lipinski definition) is 1. The lowest BCUT2D eigenvalue weighted by molar-refractivity contribution is -0.152. The van der Waals surface area contributed by atoms with Crippen LogP contribution in [-0.4, -0.2) is 64.3 Å². The molecule has 3 heterocycles. The van der Waals surface area contributed by atoms with Crippen LogP contribution in [0.15, 0.2) is 36.5 Å². The van der Waals surface area contributed by atoms with Crippen molar-refractivity contribution >= 4 is 28.6 Å². The van der Waals surface area contributed by atoms with E-state index in [0.29, 0.717) is 13.1 Å². The van der Waals surface area contributed by atoms with Crippen LogP contribution in [0, 0.1) is 0 Å². The quantitative estimate of drug-likeness (QED) is 0.831. The van der Waals surface area contributed by atoms with E-state index in [1.807, 2.05) is 41.1 Å². The first kappa shape index (κ1) is 14.7. The summed E-state index contributed by atoms with van der Waals surface area (Å²) < 4.78 is 1.91. The third-order valence-electron chi connectivity index (χ3n) is 4.76. The van der Waals surface area contributed by atoms with Gasteiger partial charge in [0.25, 0.3) is 0 Å². The molecule has 0 saturated carbocycles. The molecule has 2 saturated heterocycles.